The van der Waals surface area contributed by atoms with E-state index in [1.54, 1.807) is 0 Å². The van der Waals surface area contributed by atoms with Crippen molar-refractivity contribution < 1.29 is 14.3 Å². The Hall–Kier alpha value is -1.46. The lowest BCUT2D eigenvalue weighted by Gasteiger charge is -2.42. The van der Waals surface area contributed by atoms with E-state index in [1.807, 2.05) is 11.8 Å². The number of fused-ring (bicyclic) bond motifs is 2. The van der Waals surface area contributed by atoms with Crippen LogP contribution in [0.1, 0.15) is 90.2 Å². The lowest BCUT2D eigenvalue weighted by Crippen LogP contribution is -2.42. The van der Waals surface area contributed by atoms with Gasteiger partial charge in [-0.2, -0.15) is 11.8 Å². The maximum Gasteiger partial charge on any atom is 0.311 e. The predicted octanol–water partition coefficient (Wildman–Crippen LogP) is 7.41. The highest BCUT2D eigenvalue weighted by Crippen LogP contribution is 2.48. The predicted molar refractivity (Wildman–Crippen MR) is 179 cm³/mol. The monoisotopic (exact) mass is 646 g/mol. The molecule has 5 nitrogen and oxygen atoms in total. The zero-order valence-corrected chi connectivity index (χ0v) is 28.3. The third-order valence-electron chi connectivity index (χ3n) is 8.67. The van der Waals surface area contributed by atoms with Crippen molar-refractivity contribution >= 4 is 40.3 Å². The van der Waals surface area contributed by atoms with E-state index in [-0.39, 0.29) is 23.0 Å². The van der Waals surface area contributed by atoms with Gasteiger partial charge in [0, 0.05) is 44.1 Å². The molecule has 41 heavy (non-hydrogen) atoms. The molecule has 4 rings (SSSR count). The summed E-state index contributed by atoms with van der Waals surface area (Å²) in [5.74, 6) is 7.21. The second kappa shape index (κ2) is 16.4. The summed E-state index contributed by atoms with van der Waals surface area (Å²) in [6, 6.07) is 4.31. The van der Waals surface area contributed by atoms with E-state index in [0.29, 0.717) is 24.6 Å². The molecule has 0 bridgehead atoms. The maximum atomic E-state index is 13.2. The van der Waals surface area contributed by atoms with Gasteiger partial charge in [-0.25, -0.2) is 0 Å². The number of hydrogen-bond acceptors (Lipinski definition) is 6. The number of ether oxygens (including phenoxy) is 2. The van der Waals surface area contributed by atoms with E-state index >= 15 is 0 Å². The van der Waals surface area contributed by atoms with Crippen molar-refractivity contribution in [2.75, 3.05) is 50.8 Å². The molecular weight excluding hydrogens is 596 g/mol. The number of thioether (sulfide) groups is 1. The fraction of sp³-hybridized carbons (Fsp3) is 0.676. The van der Waals surface area contributed by atoms with Gasteiger partial charge in [-0.3, -0.25) is 9.69 Å². The Balaban J connectivity index is 0.00000462. The van der Waals surface area contributed by atoms with Gasteiger partial charge in [0.25, 0.3) is 0 Å². The van der Waals surface area contributed by atoms with Crippen LogP contribution < -0.4 is 9.47 Å². The number of carbonyl (C=O) groups excluding carboxylic acids is 1. The van der Waals surface area contributed by atoms with Gasteiger partial charge < -0.3 is 14.4 Å². The van der Waals surface area contributed by atoms with E-state index in [9.17, 15) is 4.79 Å². The molecule has 0 amide bonds. The van der Waals surface area contributed by atoms with Crippen LogP contribution in [0.4, 0.5) is 0 Å². The first-order valence-electron chi connectivity index (χ1n) is 15.6. The summed E-state index contributed by atoms with van der Waals surface area (Å²) in [7, 11) is 0. The number of hydrogen-bond donors (Lipinski definition) is 0. The molecule has 1 atom stereocenters. The Bertz CT molecular complexity index is 1090. The van der Waals surface area contributed by atoms with Gasteiger partial charge in [-0.1, -0.05) is 45.5 Å². The molecule has 0 aromatic heterocycles. The van der Waals surface area contributed by atoms with Crippen LogP contribution in [0.2, 0.25) is 0 Å². The fourth-order valence-corrected chi connectivity index (χ4v) is 7.29. The van der Waals surface area contributed by atoms with Gasteiger partial charge >= 0.3 is 5.97 Å². The Kier molecular flexibility index (Phi) is 13.6. The van der Waals surface area contributed by atoms with Gasteiger partial charge in [0.15, 0.2) is 0 Å². The molecule has 1 unspecified atom stereocenters. The van der Waals surface area contributed by atoms with Crippen molar-refractivity contribution in [3.8, 4) is 23.8 Å². The largest absolute Gasteiger partial charge is 0.483 e. The van der Waals surface area contributed by atoms with E-state index in [4.69, 9.17) is 15.9 Å². The van der Waals surface area contributed by atoms with Crippen LogP contribution in [0.3, 0.4) is 0 Å². The Labute approximate surface area is 263 Å². The second-order valence-electron chi connectivity index (χ2n) is 12.4. The number of halogens is 1. The number of unbranched alkanes of at least 4 members (excludes halogenated alkanes) is 2. The minimum absolute atomic E-state index is 0. The molecule has 1 aromatic rings. The summed E-state index contributed by atoms with van der Waals surface area (Å²) in [6.07, 6.45) is 15.0. The molecule has 0 spiro atoms. The zero-order valence-electron chi connectivity index (χ0n) is 25.8. The minimum Gasteiger partial charge on any atom is -0.483 e. The highest BCUT2D eigenvalue weighted by Gasteiger charge is 2.39. The van der Waals surface area contributed by atoms with Gasteiger partial charge in [0.05, 0.1) is 12.1 Å². The third-order valence-corrected chi connectivity index (χ3v) is 9.61. The molecule has 0 N–H and O–H groups in total. The van der Waals surface area contributed by atoms with E-state index in [2.05, 4.69) is 55.5 Å². The normalized spacial score (nSPS) is 19.3. The number of terminal acetylenes is 1. The maximum absolute atomic E-state index is 13.2. The topological polar surface area (TPSA) is 42.0 Å². The summed E-state index contributed by atoms with van der Waals surface area (Å²) in [6.45, 7) is 14.4. The first-order valence-corrected chi connectivity index (χ1v) is 16.7. The number of nitrogens with zero attached hydrogens (tertiary/aromatic N) is 2. The smallest absolute Gasteiger partial charge is 0.311 e. The molecule has 1 saturated heterocycles. The molecule has 1 aromatic carbocycles. The Morgan fingerprint density at radius 3 is 2.66 bits per heavy atom. The first-order chi connectivity index (χ1) is 19.3. The van der Waals surface area contributed by atoms with Crippen molar-refractivity contribution in [3.05, 3.63) is 28.8 Å². The number of carbonyl (C=O) groups is 1. The average molecular weight is 648 g/mol. The summed E-state index contributed by atoms with van der Waals surface area (Å²) < 4.78 is 12.9. The molecule has 1 fully saturated rings. The summed E-state index contributed by atoms with van der Waals surface area (Å²) in [5, 5.41) is 0. The van der Waals surface area contributed by atoms with E-state index in [1.165, 1.54) is 53.9 Å². The fourth-order valence-electron chi connectivity index (χ4n) is 6.31. The number of aryl methyl sites for hydroxylation is 1. The van der Waals surface area contributed by atoms with Gasteiger partial charge in [-0.15, -0.1) is 23.4 Å². The van der Waals surface area contributed by atoms with Crippen LogP contribution in [0.25, 0.3) is 5.57 Å². The lowest BCUT2D eigenvalue weighted by atomic mass is 9.81. The quantitative estimate of drug-likeness (QED) is 0.0962. The number of esters is 1. The number of rotatable bonds is 13. The van der Waals surface area contributed by atoms with Crippen LogP contribution in [0.15, 0.2) is 17.7 Å². The zero-order chi connectivity index (χ0) is 28.5. The molecule has 0 radical (unpaired) electrons. The van der Waals surface area contributed by atoms with Crippen LogP contribution in [-0.2, 0) is 11.2 Å². The van der Waals surface area contributed by atoms with Crippen molar-refractivity contribution in [2.45, 2.75) is 91.1 Å². The molecule has 228 valence electrons. The van der Waals surface area contributed by atoms with Crippen molar-refractivity contribution in [1.29, 1.82) is 0 Å². The molecule has 3 aliphatic rings. The van der Waals surface area contributed by atoms with Crippen molar-refractivity contribution in [1.82, 2.24) is 9.80 Å². The van der Waals surface area contributed by atoms with Crippen molar-refractivity contribution in [2.24, 2.45) is 5.92 Å². The highest BCUT2D eigenvalue weighted by atomic mass is 79.9. The Morgan fingerprint density at radius 1 is 1.15 bits per heavy atom. The van der Waals surface area contributed by atoms with Gasteiger partial charge in [0.2, 0.25) is 0 Å². The van der Waals surface area contributed by atoms with Crippen molar-refractivity contribution in [3.63, 3.8) is 0 Å². The molecule has 3 aliphatic heterocycles. The van der Waals surface area contributed by atoms with E-state index < -0.39 is 5.60 Å². The summed E-state index contributed by atoms with van der Waals surface area (Å²) in [5.41, 5.74) is 4.26. The molecular formula is C34H51BrN2O3S. The standard InChI is InChI=1S/C34H50N2O3S.BrH/c1-6-8-9-11-26(3)13-14-27-23-30(38-32(37)12-10-17-35-19-21-40-22-20-35)33-28-25-36(16-7-2)18-15-29(28)34(4,5)39-31(33)24-27;/h2,23-24,26H,6,8-22,25H2,1,3-5H3;1H. The highest BCUT2D eigenvalue weighted by molar-refractivity contribution is 8.93. The van der Waals surface area contributed by atoms with Crippen LogP contribution in [-0.4, -0.2) is 72.1 Å². The van der Waals surface area contributed by atoms with Gasteiger partial charge in [-0.05, 0) is 80.8 Å². The first kappa shape index (κ1) is 34.0. The summed E-state index contributed by atoms with van der Waals surface area (Å²) >= 11 is 2.01. The third kappa shape index (κ3) is 9.51. The van der Waals surface area contributed by atoms with Gasteiger partial charge in [0.1, 0.15) is 17.1 Å². The molecule has 0 aliphatic carbocycles. The van der Waals surface area contributed by atoms with Crippen LogP contribution in [0, 0.1) is 18.3 Å². The molecule has 0 saturated carbocycles. The minimum atomic E-state index is -0.398. The molecule has 7 heteroatoms. The van der Waals surface area contributed by atoms with Crippen LogP contribution in [0.5, 0.6) is 11.5 Å². The average Bonchev–Trinajstić information content (AvgIpc) is 2.92. The SMILES string of the molecule is Br.C#CCN1CCC2=C(C1)c1c(OC(=O)CCCN3CCSCC3)cc(CCC(C)CCCCC)cc1OC2(C)C. The van der Waals surface area contributed by atoms with Crippen LogP contribution >= 0.6 is 28.7 Å². The lowest BCUT2D eigenvalue weighted by molar-refractivity contribution is -0.134. The summed E-state index contributed by atoms with van der Waals surface area (Å²) in [4.78, 5) is 17.9. The second-order valence-corrected chi connectivity index (χ2v) is 13.6. The Morgan fingerprint density at radius 2 is 1.93 bits per heavy atom. The van der Waals surface area contributed by atoms with E-state index in [0.717, 1.165) is 69.7 Å². The number of benzene rings is 1. The molecule has 3 heterocycles.